The topological polar surface area (TPSA) is 0 Å². The molecule has 244 valence electrons. The maximum absolute atomic E-state index is 2.60. The lowest BCUT2D eigenvalue weighted by Crippen LogP contribution is -2.31. The van der Waals surface area contributed by atoms with E-state index in [0.29, 0.717) is 0 Å². The van der Waals surface area contributed by atoms with Gasteiger partial charge < -0.3 is 0 Å². The van der Waals surface area contributed by atoms with Gasteiger partial charge in [-0.05, 0) is 107 Å². The highest BCUT2D eigenvalue weighted by Gasteiger charge is 2.37. The highest BCUT2D eigenvalue weighted by atomic mass is 14.4. The lowest BCUT2D eigenvalue weighted by atomic mass is 9.64. The van der Waals surface area contributed by atoms with Crippen molar-refractivity contribution in [2.75, 3.05) is 0 Å². The minimum absolute atomic E-state index is 0.0681. The molecule has 0 radical (unpaired) electrons. The summed E-state index contributed by atoms with van der Waals surface area (Å²) in [7, 11) is 0. The predicted molar refractivity (Wildman–Crippen MR) is 196 cm³/mol. The Morgan fingerprint density at radius 2 is 0.698 bits per heavy atom. The van der Waals surface area contributed by atoms with Gasteiger partial charge in [-0.2, -0.15) is 0 Å². The first-order valence-electron chi connectivity index (χ1n) is 17.2. The number of aryl methyl sites for hydroxylation is 1. The molecule has 0 unspecified atom stereocenters. The van der Waals surface area contributed by atoms with E-state index in [2.05, 4.69) is 164 Å². The summed E-state index contributed by atoms with van der Waals surface area (Å²) in [4.78, 5) is 0. The molecule has 2 aromatic rings. The second-order valence-electron chi connectivity index (χ2n) is 20.8. The normalized spacial score (nSPS) is 14.4. The second kappa shape index (κ2) is 11.7. The van der Waals surface area contributed by atoms with Crippen LogP contribution in [0.3, 0.4) is 0 Å². The van der Waals surface area contributed by atoms with Crippen LogP contribution in [0.15, 0.2) is 18.2 Å². The molecule has 0 heterocycles. The smallest absolute Gasteiger partial charge is 0.0126 e. The molecule has 0 aliphatic carbocycles. The maximum atomic E-state index is 2.60. The van der Waals surface area contributed by atoms with Gasteiger partial charge >= 0.3 is 0 Å². The van der Waals surface area contributed by atoms with Gasteiger partial charge in [0.1, 0.15) is 0 Å². The SMILES string of the molecule is CC(C)(C)c1cc(C(C)(C)C)c(C(C)(C)C)c(CCCc2ccc(C(C)(C)C)c(C(C)(C)C)c2C(C)(C)C)c1C(C)(C)C. The van der Waals surface area contributed by atoms with Crippen LogP contribution in [0.25, 0.3) is 0 Å². The first-order chi connectivity index (χ1) is 18.8. The summed E-state index contributed by atoms with van der Waals surface area (Å²) in [6, 6.07) is 7.55. The van der Waals surface area contributed by atoms with Crippen molar-refractivity contribution in [3.8, 4) is 0 Å². The van der Waals surface area contributed by atoms with Crippen LogP contribution in [0, 0.1) is 0 Å². The van der Waals surface area contributed by atoms with Gasteiger partial charge in [0.05, 0.1) is 0 Å². The van der Waals surface area contributed by atoms with Crippen LogP contribution in [-0.4, -0.2) is 0 Å². The van der Waals surface area contributed by atoms with Crippen LogP contribution in [0.1, 0.15) is 202 Å². The van der Waals surface area contributed by atoms with E-state index in [9.17, 15) is 0 Å². The van der Waals surface area contributed by atoms with Crippen molar-refractivity contribution in [2.45, 2.75) is 203 Å². The molecule has 0 aromatic heterocycles. The molecule has 2 aromatic carbocycles. The molecule has 0 fully saturated rings. The molecular formula is C43H72. The van der Waals surface area contributed by atoms with Crippen molar-refractivity contribution in [1.82, 2.24) is 0 Å². The Morgan fingerprint density at radius 3 is 1.00 bits per heavy atom. The number of benzene rings is 2. The highest BCUT2D eigenvalue weighted by molar-refractivity contribution is 5.56. The Morgan fingerprint density at radius 1 is 0.349 bits per heavy atom. The molecule has 0 heteroatoms. The minimum atomic E-state index is 0.0681. The molecule has 0 atom stereocenters. The summed E-state index contributed by atoms with van der Waals surface area (Å²) in [6.45, 7) is 50.7. The van der Waals surface area contributed by atoms with Crippen molar-refractivity contribution in [3.05, 3.63) is 68.3 Å². The summed E-state index contributed by atoms with van der Waals surface area (Å²) in [5.74, 6) is 0. The van der Waals surface area contributed by atoms with E-state index >= 15 is 0 Å². The van der Waals surface area contributed by atoms with Gasteiger partial charge in [-0.25, -0.2) is 0 Å². The summed E-state index contributed by atoms with van der Waals surface area (Å²) >= 11 is 0. The fourth-order valence-electron chi connectivity index (χ4n) is 7.46. The second-order valence-corrected chi connectivity index (χ2v) is 20.8. The van der Waals surface area contributed by atoms with Gasteiger partial charge in [0.25, 0.3) is 0 Å². The van der Waals surface area contributed by atoms with Crippen LogP contribution in [0.2, 0.25) is 0 Å². The lowest BCUT2D eigenvalue weighted by Gasteiger charge is -2.41. The largest absolute Gasteiger partial charge is 0.0584 e. The lowest BCUT2D eigenvalue weighted by molar-refractivity contribution is 0.487. The van der Waals surface area contributed by atoms with Crippen LogP contribution in [0.4, 0.5) is 0 Å². The average molecular weight is 589 g/mol. The monoisotopic (exact) mass is 589 g/mol. The molecule has 0 nitrogen and oxygen atoms in total. The van der Waals surface area contributed by atoms with E-state index in [1.54, 1.807) is 33.4 Å². The van der Waals surface area contributed by atoms with Gasteiger partial charge in [-0.3, -0.25) is 0 Å². The molecule has 0 N–H and O–H groups in total. The average Bonchev–Trinajstić information content (AvgIpc) is 2.72. The van der Waals surface area contributed by atoms with E-state index in [1.807, 2.05) is 0 Å². The van der Waals surface area contributed by atoms with Crippen molar-refractivity contribution in [2.24, 2.45) is 0 Å². The van der Waals surface area contributed by atoms with E-state index < -0.39 is 0 Å². The van der Waals surface area contributed by atoms with Gasteiger partial charge in [-0.15, -0.1) is 0 Å². The van der Waals surface area contributed by atoms with E-state index in [4.69, 9.17) is 0 Å². The Kier molecular flexibility index (Phi) is 10.2. The van der Waals surface area contributed by atoms with Gasteiger partial charge in [0.2, 0.25) is 0 Å². The van der Waals surface area contributed by atoms with Crippen LogP contribution < -0.4 is 0 Å². The molecule has 0 aliphatic heterocycles. The summed E-state index contributed by atoms with van der Waals surface area (Å²) in [5.41, 5.74) is 14.7. The molecule has 0 saturated heterocycles. The summed E-state index contributed by atoms with van der Waals surface area (Å²) in [5, 5.41) is 0. The van der Waals surface area contributed by atoms with Gasteiger partial charge in [0, 0.05) is 0 Å². The number of rotatable bonds is 4. The van der Waals surface area contributed by atoms with Gasteiger partial charge in [-0.1, -0.05) is 164 Å². The predicted octanol–water partition coefficient (Wildman–Crippen LogP) is 12.9. The third-order valence-electron chi connectivity index (χ3n) is 9.02. The molecule has 0 bridgehead atoms. The van der Waals surface area contributed by atoms with Crippen molar-refractivity contribution in [1.29, 1.82) is 0 Å². The first-order valence-corrected chi connectivity index (χ1v) is 17.2. The zero-order chi connectivity index (χ0) is 33.9. The zero-order valence-corrected chi connectivity index (χ0v) is 32.9. The third-order valence-corrected chi connectivity index (χ3v) is 9.02. The zero-order valence-electron chi connectivity index (χ0n) is 32.9. The maximum Gasteiger partial charge on any atom is -0.0126 e. The Balaban J connectivity index is 2.90. The Bertz CT molecular complexity index is 1230. The molecular weight excluding hydrogens is 516 g/mol. The highest BCUT2D eigenvalue weighted by Crippen LogP contribution is 2.47. The fourth-order valence-corrected chi connectivity index (χ4v) is 7.46. The van der Waals surface area contributed by atoms with Crippen LogP contribution >= 0.6 is 0 Å². The molecule has 0 spiro atoms. The molecule has 0 saturated carbocycles. The van der Waals surface area contributed by atoms with E-state index in [1.165, 1.54) is 16.7 Å². The minimum Gasteiger partial charge on any atom is -0.0584 e. The van der Waals surface area contributed by atoms with E-state index in [-0.39, 0.29) is 37.9 Å². The Hall–Kier alpha value is -1.56. The molecule has 43 heavy (non-hydrogen) atoms. The van der Waals surface area contributed by atoms with Crippen LogP contribution in [-0.2, 0) is 50.7 Å². The van der Waals surface area contributed by atoms with Crippen molar-refractivity contribution in [3.63, 3.8) is 0 Å². The first kappa shape index (κ1) is 37.6. The van der Waals surface area contributed by atoms with Crippen LogP contribution in [0.5, 0.6) is 0 Å². The summed E-state index contributed by atoms with van der Waals surface area (Å²) in [6.07, 6.45) is 3.38. The summed E-state index contributed by atoms with van der Waals surface area (Å²) < 4.78 is 0. The van der Waals surface area contributed by atoms with Gasteiger partial charge in [0.15, 0.2) is 0 Å². The fraction of sp³-hybridized carbons (Fsp3) is 0.721. The number of hydrogen-bond acceptors (Lipinski definition) is 0. The van der Waals surface area contributed by atoms with E-state index in [0.717, 1.165) is 19.3 Å². The van der Waals surface area contributed by atoms with Crippen molar-refractivity contribution >= 4 is 0 Å². The standard InChI is InChI=1S/C43H72/c1-37(2,3)30-26-25-28(33(40(10,11)12)36(30)43(19,20)21)23-22-24-29-34(41(13,14)15)31(38(4,5)6)27-32(39(7,8)9)35(29)42(16,17)18/h25-27H,22-24H2,1-21H3. The molecule has 2 rings (SSSR count). The third kappa shape index (κ3) is 8.58. The number of hydrogen-bond donors (Lipinski definition) is 0. The molecule has 0 amide bonds. The quantitative estimate of drug-likeness (QED) is 0.333. The Labute approximate surface area is 270 Å². The molecule has 0 aliphatic rings. The van der Waals surface area contributed by atoms with Crippen molar-refractivity contribution < 1.29 is 0 Å².